The molecule has 8 nitrogen and oxygen atoms in total. The van der Waals surface area contributed by atoms with Crippen molar-refractivity contribution in [1.82, 2.24) is 0 Å². The Bertz CT molecular complexity index is 1160. The molecule has 3 rings (SSSR count). The predicted octanol–water partition coefficient (Wildman–Crippen LogP) is 2.81. The molecule has 1 aliphatic rings. The zero-order valence-corrected chi connectivity index (χ0v) is 17.6. The van der Waals surface area contributed by atoms with Gasteiger partial charge in [0, 0.05) is 17.2 Å². The molecule has 0 fully saturated rings. The van der Waals surface area contributed by atoms with Gasteiger partial charge in [-0.2, -0.15) is 0 Å². The van der Waals surface area contributed by atoms with Crippen LogP contribution >= 0.6 is 0 Å². The number of primary amides is 1. The van der Waals surface area contributed by atoms with Gasteiger partial charge < -0.3 is 24.7 Å². The standard InChI is InChI=1S/C20H19F2NO7S/c1-11-4-6-12(7-5-11)31(25,26)10-14-13(8-9-15(23)24)16(27-2)18-19(17(14)28-3)30-20(21,22)29-18/h4-9H,10H2,1-3H3,(H2,23,24)/b9-8+. The third-order valence-electron chi connectivity index (χ3n) is 4.44. The normalized spacial score (nSPS) is 14.6. The van der Waals surface area contributed by atoms with E-state index in [9.17, 15) is 22.0 Å². The van der Waals surface area contributed by atoms with Crippen LogP contribution in [0.2, 0.25) is 0 Å². The van der Waals surface area contributed by atoms with Crippen LogP contribution in [0, 0.1) is 6.92 Å². The molecule has 2 aromatic carbocycles. The van der Waals surface area contributed by atoms with Gasteiger partial charge in [0.15, 0.2) is 21.3 Å². The van der Waals surface area contributed by atoms with E-state index >= 15 is 0 Å². The van der Waals surface area contributed by atoms with Crippen LogP contribution in [0.15, 0.2) is 35.2 Å². The average molecular weight is 455 g/mol. The van der Waals surface area contributed by atoms with E-state index in [-0.39, 0.29) is 27.5 Å². The highest BCUT2D eigenvalue weighted by atomic mass is 32.2. The second-order valence-electron chi connectivity index (χ2n) is 6.59. The lowest BCUT2D eigenvalue weighted by atomic mass is 10.0. The molecule has 1 amide bonds. The Kier molecular flexibility index (Phi) is 5.81. The number of nitrogens with two attached hydrogens (primary N) is 1. The lowest BCUT2D eigenvalue weighted by molar-refractivity contribution is -0.287. The highest BCUT2D eigenvalue weighted by molar-refractivity contribution is 7.90. The highest BCUT2D eigenvalue weighted by Gasteiger charge is 2.48. The lowest BCUT2D eigenvalue weighted by Gasteiger charge is -2.18. The van der Waals surface area contributed by atoms with Gasteiger partial charge in [-0.05, 0) is 25.1 Å². The van der Waals surface area contributed by atoms with Gasteiger partial charge in [0.05, 0.1) is 24.9 Å². The van der Waals surface area contributed by atoms with Crippen LogP contribution < -0.4 is 24.7 Å². The number of fused-ring (bicyclic) bond motifs is 1. The monoisotopic (exact) mass is 455 g/mol. The number of benzene rings is 2. The molecule has 1 aliphatic heterocycles. The summed E-state index contributed by atoms with van der Waals surface area (Å²) in [7, 11) is -1.64. The topological polar surface area (TPSA) is 114 Å². The summed E-state index contributed by atoms with van der Waals surface area (Å²) in [5, 5.41) is 0. The number of sulfone groups is 1. The average Bonchev–Trinajstić information content (AvgIpc) is 3.00. The Morgan fingerprint density at radius 2 is 1.65 bits per heavy atom. The lowest BCUT2D eigenvalue weighted by Crippen LogP contribution is -2.26. The van der Waals surface area contributed by atoms with E-state index in [1.165, 1.54) is 19.2 Å². The molecule has 11 heteroatoms. The molecule has 0 saturated heterocycles. The summed E-state index contributed by atoms with van der Waals surface area (Å²) >= 11 is 0. The SMILES string of the molecule is COc1c(/C=C/C(N)=O)c(CS(=O)(=O)c2ccc(C)cc2)c(OC)c2c1OC(F)(F)O2. The summed E-state index contributed by atoms with van der Waals surface area (Å²) in [5.41, 5.74) is 5.90. The van der Waals surface area contributed by atoms with E-state index < -0.39 is 39.3 Å². The number of rotatable bonds is 7. The van der Waals surface area contributed by atoms with E-state index in [1.807, 2.05) is 0 Å². The molecular formula is C20H19F2NO7S. The minimum atomic E-state index is -4.03. The third-order valence-corrected chi connectivity index (χ3v) is 6.10. The fourth-order valence-corrected chi connectivity index (χ4v) is 4.48. The number of alkyl halides is 2. The Morgan fingerprint density at radius 3 is 2.16 bits per heavy atom. The fraction of sp³-hybridized carbons (Fsp3) is 0.250. The molecule has 0 atom stereocenters. The van der Waals surface area contributed by atoms with E-state index in [2.05, 4.69) is 9.47 Å². The number of hydrogen-bond donors (Lipinski definition) is 1. The van der Waals surface area contributed by atoms with Crippen molar-refractivity contribution in [2.75, 3.05) is 14.2 Å². The predicted molar refractivity (Wildman–Crippen MR) is 106 cm³/mol. The molecule has 2 N–H and O–H groups in total. The molecule has 31 heavy (non-hydrogen) atoms. The summed E-state index contributed by atoms with van der Waals surface area (Å²) < 4.78 is 73.3. The molecular weight excluding hydrogens is 436 g/mol. The Labute approximate surface area is 177 Å². The van der Waals surface area contributed by atoms with Crippen molar-refractivity contribution in [2.45, 2.75) is 23.9 Å². The van der Waals surface area contributed by atoms with Crippen molar-refractivity contribution in [3.05, 3.63) is 47.0 Å². The number of halogens is 2. The number of hydrogen-bond acceptors (Lipinski definition) is 7. The van der Waals surface area contributed by atoms with Gasteiger partial charge in [-0.15, -0.1) is 8.78 Å². The first-order chi connectivity index (χ1) is 14.5. The molecule has 0 bridgehead atoms. The fourth-order valence-electron chi connectivity index (χ4n) is 3.09. The maximum atomic E-state index is 13.8. The second kappa shape index (κ2) is 8.06. The zero-order valence-electron chi connectivity index (χ0n) is 16.8. The molecule has 2 aromatic rings. The van der Waals surface area contributed by atoms with Crippen molar-refractivity contribution in [1.29, 1.82) is 0 Å². The first-order valence-electron chi connectivity index (χ1n) is 8.82. The maximum Gasteiger partial charge on any atom is 0.586 e. The van der Waals surface area contributed by atoms with E-state index in [4.69, 9.17) is 15.2 Å². The van der Waals surface area contributed by atoms with Crippen LogP contribution in [-0.4, -0.2) is 34.8 Å². The van der Waals surface area contributed by atoms with E-state index in [0.717, 1.165) is 24.8 Å². The smallest absolute Gasteiger partial charge is 0.492 e. The molecule has 0 spiro atoms. The van der Waals surface area contributed by atoms with Gasteiger partial charge in [0.25, 0.3) is 0 Å². The minimum absolute atomic E-state index is 0.00643. The van der Waals surface area contributed by atoms with Crippen LogP contribution in [0.1, 0.15) is 16.7 Å². The minimum Gasteiger partial charge on any atom is -0.492 e. The third kappa shape index (κ3) is 4.41. The summed E-state index contributed by atoms with van der Waals surface area (Å²) in [4.78, 5) is 11.3. The van der Waals surface area contributed by atoms with Crippen molar-refractivity contribution in [3.63, 3.8) is 0 Å². The van der Waals surface area contributed by atoms with Crippen LogP contribution in [0.25, 0.3) is 6.08 Å². The van der Waals surface area contributed by atoms with Crippen molar-refractivity contribution in [2.24, 2.45) is 5.73 Å². The van der Waals surface area contributed by atoms with Crippen molar-refractivity contribution < 1.29 is 40.9 Å². The first kappa shape index (κ1) is 22.3. The maximum absolute atomic E-state index is 13.8. The van der Waals surface area contributed by atoms with Gasteiger partial charge in [0.1, 0.15) is 0 Å². The molecule has 166 valence electrons. The molecule has 0 aromatic heterocycles. The molecule has 0 saturated carbocycles. The summed E-state index contributed by atoms with van der Waals surface area (Å²) in [6, 6.07) is 6.10. The number of carbonyl (C=O) groups excluding carboxylic acids is 1. The summed E-state index contributed by atoms with van der Waals surface area (Å²) in [6.07, 6.45) is -1.95. The number of aryl methyl sites for hydroxylation is 1. The van der Waals surface area contributed by atoms with Crippen LogP contribution in [-0.2, 0) is 20.4 Å². The zero-order chi connectivity index (χ0) is 23.0. The number of carbonyl (C=O) groups is 1. The molecule has 0 radical (unpaired) electrons. The van der Waals surface area contributed by atoms with Crippen LogP contribution in [0.4, 0.5) is 8.78 Å². The van der Waals surface area contributed by atoms with Crippen LogP contribution in [0.5, 0.6) is 23.0 Å². The van der Waals surface area contributed by atoms with E-state index in [0.29, 0.717) is 0 Å². The van der Waals surface area contributed by atoms with Crippen molar-refractivity contribution in [3.8, 4) is 23.0 Å². The van der Waals surface area contributed by atoms with Gasteiger partial charge in [-0.3, -0.25) is 4.79 Å². The quantitative estimate of drug-likeness (QED) is 0.639. The highest BCUT2D eigenvalue weighted by Crippen LogP contribution is 2.56. The Hall–Kier alpha value is -3.34. The van der Waals surface area contributed by atoms with Gasteiger partial charge in [-0.25, -0.2) is 8.42 Å². The van der Waals surface area contributed by atoms with E-state index in [1.54, 1.807) is 19.1 Å². The number of ether oxygens (including phenoxy) is 4. The largest absolute Gasteiger partial charge is 0.586 e. The van der Waals surface area contributed by atoms with Crippen molar-refractivity contribution >= 4 is 21.8 Å². The second-order valence-corrected chi connectivity index (χ2v) is 8.58. The van der Waals surface area contributed by atoms with Gasteiger partial charge in [-0.1, -0.05) is 17.7 Å². The number of amides is 1. The Morgan fingerprint density at radius 1 is 1.10 bits per heavy atom. The summed E-state index contributed by atoms with van der Waals surface area (Å²) in [5.74, 6) is -3.10. The van der Waals surface area contributed by atoms with Gasteiger partial charge in [0.2, 0.25) is 17.4 Å². The molecule has 0 aliphatic carbocycles. The molecule has 1 heterocycles. The van der Waals surface area contributed by atoms with Crippen LogP contribution in [0.3, 0.4) is 0 Å². The summed E-state index contributed by atoms with van der Waals surface area (Å²) in [6.45, 7) is 1.80. The first-order valence-corrected chi connectivity index (χ1v) is 10.5. The van der Waals surface area contributed by atoms with Gasteiger partial charge >= 0.3 is 6.29 Å². The Balaban J connectivity index is 2.27. The molecule has 0 unspecified atom stereocenters. The number of methoxy groups -OCH3 is 2.